The maximum atomic E-state index is 12.9. The molecule has 1 aliphatic rings. The molecular formula is C15H17F3N2O2. The number of carbonyl (C=O) groups excluding carboxylic acids is 1. The van der Waals surface area contributed by atoms with Gasteiger partial charge in [0.05, 0.1) is 24.9 Å². The molecule has 0 radical (unpaired) electrons. The second-order valence-corrected chi connectivity index (χ2v) is 5.41. The first kappa shape index (κ1) is 16.3. The summed E-state index contributed by atoms with van der Waals surface area (Å²) < 4.78 is 43.2. The molecule has 1 heterocycles. The highest BCUT2D eigenvalue weighted by Gasteiger charge is 2.32. The number of methoxy groups -OCH3 is 1. The number of nitrogens with zero attached hydrogens (tertiary/aromatic N) is 2. The zero-order valence-corrected chi connectivity index (χ0v) is 12.6. The number of esters is 1. The van der Waals surface area contributed by atoms with E-state index in [1.54, 1.807) is 0 Å². The molecule has 0 aliphatic carbocycles. The maximum Gasteiger partial charge on any atom is 0.416 e. The van der Waals surface area contributed by atoms with Crippen molar-refractivity contribution in [3.05, 3.63) is 34.9 Å². The summed E-state index contributed by atoms with van der Waals surface area (Å²) in [5.74, 6) is -0.460. The topological polar surface area (TPSA) is 41.9 Å². The molecule has 22 heavy (non-hydrogen) atoms. The van der Waals surface area contributed by atoms with Gasteiger partial charge in [0.2, 0.25) is 0 Å². The number of hydrogen-bond acceptors (Lipinski definition) is 4. The van der Waals surface area contributed by atoms with Crippen LogP contribution < -0.4 is 0 Å². The molecule has 1 aliphatic heterocycles. The third-order valence-corrected chi connectivity index (χ3v) is 3.40. The minimum Gasteiger partial charge on any atom is -0.468 e. The summed E-state index contributed by atoms with van der Waals surface area (Å²) >= 11 is 0. The summed E-state index contributed by atoms with van der Waals surface area (Å²) in [7, 11) is 1.26. The molecule has 0 atom stereocenters. The third kappa shape index (κ3) is 3.40. The van der Waals surface area contributed by atoms with Crippen LogP contribution in [-0.4, -0.2) is 30.3 Å². The van der Waals surface area contributed by atoms with Gasteiger partial charge in [-0.2, -0.15) is 18.3 Å². The van der Waals surface area contributed by atoms with E-state index < -0.39 is 17.7 Å². The molecule has 2 rings (SSSR count). The lowest BCUT2D eigenvalue weighted by atomic mass is 9.92. The number of hydrogen-bond donors (Lipinski definition) is 0. The van der Waals surface area contributed by atoms with E-state index >= 15 is 0 Å². The fraction of sp³-hybridized carbons (Fsp3) is 0.467. The molecule has 7 heteroatoms. The van der Waals surface area contributed by atoms with Crippen molar-refractivity contribution in [3.8, 4) is 0 Å². The molecule has 0 saturated carbocycles. The van der Waals surface area contributed by atoms with Gasteiger partial charge >= 0.3 is 12.1 Å². The van der Waals surface area contributed by atoms with Gasteiger partial charge in [0.1, 0.15) is 6.54 Å². The molecular weight excluding hydrogens is 297 g/mol. The van der Waals surface area contributed by atoms with Crippen molar-refractivity contribution in [3.63, 3.8) is 0 Å². The van der Waals surface area contributed by atoms with Crippen molar-refractivity contribution in [1.82, 2.24) is 5.01 Å². The largest absolute Gasteiger partial charge is 0.468 e. The Hall–Kier alpha value is -2.05. The van der Waals surface area contributed by atoms with Gasteiger partial charge in [0.25, 0.3) is 0 Å². The van der Waals surface area contributed by atoms with Crippen molar-refractivity contribution >= 4 is 11.7 Å². The fourth-order valence-corrected chi connectivity index (χ4v) is 2.32. The van der Waals surface area contributed by atoms with Gasteiger partial charge in [-0.1, -0.05) is 19.9 Å². The van der Waals surface area contributed by atoms with Crippen molar-refractivity contribution in [1.29, 1.82) is 0 Å². The zero-order chi connectivity index (χ0) is 16.5. The van der Waals surface area contributed by atoms with Gasteiger partial charge in [-0.05, 0) is 23.6 Å². The zero-order valence-electron chi connectivity index (χ0n) is 12.6. The number of hydrazone groups is 1. The van der Waals surface area contributed by atoms with Crippen LogP contribution >= 0.6 is 0 Å². The summed E-state index contributed by atoms with van der Waals surface area (Å²) in [6.07, 6.45) is -4.39. The Labute approximate surface area is 126 Å². The quantitative estimate of drug-likeness (QED) is 0.805. The first-order valence-corrected chi connectivity index (χ1v) is 6.83. The molecule has 0 aromatic heterocycles. The molecule has 0 spiro atoms. The molecule has 0 saturated heterocycles. The molecule has 0 amide bonds. The fourth-order valence-electron chi connectivity index (χ4n) is 2.32. The van der Waals surface area contributed by atoms with E-state index in [4.69, 9.17) is 0 Å². The van der Waals surface area contributed by atoms with E-state index in [-0.39, 0.29) is 19.0 Å². The second kappa shape index (κ2) is 5.98. The van der Waals surface area contributed by atoms with E-state index in [9.17, 15) is 18.0 Å². The standard InChI is InChI=1S/C15H17F3N2O2/c1-9(2)14-12-5-4-11(15(16,17)18)6-10(12)7-20(19-14)8-13(21)22-3/h4-6,9H,7-8H2,1-3H3. The van der Waals surface area contributed by atoms with Crippen LogP contribution in [0.1, 0.15) is 30.5 Å². The van der Waals surface area contributed by atoms with Crippen LogP contribution in [0.3, 0.4) is 0 Å². The molecule has 0 fully saturated rings. The van der Waals surface area contributed by atoms with Crippen molar-refractivity contribution < 1.29 is 22.7 Å². The highest BCUT2D eigenvalue weighted by molar-refractivity contribution is 6.03. The molecule has 0 N–H and O–H groups in total. The van der Waals surface area contributed by atoms with Crippen molar-refractivity contribution in [2.75, 3.05) is 13.7 Å². The average molecular weight is 314 g/mol. The van der Waals surface area contributed by atoms with Crippen LogP contribution in [0.5, 0.6) is 0 Å². The summed E-state index contributed by atoms with van der Waals surface area (Å²) in [5.41, 5.74) is 1.18. The summed E-state index contributed by atoms with van der Waals surface area (Å²) in [6.45, 7) is 3.86. The number of benzene rings is 1. The predicted molar refractivity (Wildman–Crippen MR) is 75.2 cm³/mol. The Bertz CT molecular complexity index is 609. The van der Waals surface area contributed by atoms with Crippen molar-refractivity contribution in [2.45, 2.75) is 26.6 Å². The Kier molecular flexibility index (Phi) is 4.44. The molecule has 4 nitrogen and oxygen atoms in total. The van der Waals surface area contributed by atoms with E-state index in [0.717, 1.165) is 12.1 Å². The van der Waals surface area contributed by atoms with E-state index in [2.05, 4.69) is 9.84 Å². The van der Waals surface area contributed by atoms with Gasteiger partial charge in [-0.15, -0.1) is 0 Å². The van der Waals surface area contributed by atoms with E-state index in [1.165, 1.54) is 18.2 Å². The lowest BCUT2D eigenvalue weighted by Crippen LogP contribution is -2.32. The lowest BCUT2D eigenvalue weighted by molar-refractivity contribution is -0.142. The Morgan fingerprint density at radius 3 is 2.64 bits per heavy atom. The number of rotatable bonds is 3. The van der Waals surface area contributed by atoms with Crippen LogP contribution in [0, 0.1) is 5.92 Å². The highest BCUT2D eigenvalue weighted by Crippen LogP contribution is 2.32. The molecule has 1 aromatic carbocycles. The maximum absolute atomic E-state index is 12.9. The van der Waals surface area contributed by atoms with Gasteiger partial charge in [-0.25, -0.2) is 0 Å². The molecule has 120 valence electrons. The van der Waals surface area contributed by atoms with Crippen LogP contribution in [0.4, 0.5) is 13.2 Å². The van der Waals surface area contributed by atoms with Gasteiger partial charge in [0, 0.05) is 5.56 Å². The smallest absolute Gasteiger partial charge is 0.416 e. The van der Waals surface area contributed by atoms with Gasteiger partial charge < -0.3 is 4.74 Å². The number of ether oxygens (including phenoxy) is 1. The normalized spacial score (nSPS) is 14.7. The van der Waals surface area contributed by atoms with Crippen LogP contribution in [0.25, 0.3) is 0 Å². The Balaban J connectivity index is 2.41. The van der Waals surface area contributed by atoms with E-state index in [0.29, 0.717) is 16.8 Å². The van der Waals surface area contributed by atoms with Crippen LogP contribution in [0.2, 0.25) is 0 Å². The minimum atomic E-state index is -4.39. The molecule has 0 bridgehead atoms. The summed E-state index contributed by atoms with van der Waals surface area (Å²) in [5, 5.41) is 5.80. The minimum absolute atomic E-state index is 0.0240. The number of halogens is 3. The first-order chi connectivity index (χ1) is 10.2. The average Bonchev–Trinajstić information content (AvgIpc) is 2.44. The van der Waals surface area contributed by atoms with Crippen molar-refractivity contribution in [2.24, 2.45) is 11.0 Å². The Morgan fingerprint density at radius 2 is 2.09 bits per heavy atom. The summed E-state index contributed by atoms with van der Waals surface area (Å²) in [6, 6.07) is 3.63. The van der Waals surface area contributed by atoms with Crippen LogP contribution in [0.15, 0.2) is 23.3 Å². The number of carbonyl (C=O) groups is 1. The summed E-state index contributed by atoms with van der Waals surface area (Å²) in [4.78, 5) is 11.4. The number of fused-ring (bicyclic) bond motifs is 1. The molecule has 0 unspecified atom stereocenters. The predicted octanol–water partition coefficient (Wildman–Crippen LogP) is 3.05. The second-order valence-electron chi connectivity index (χ2n) is 5.41. The Morgan fingerprint density at radius 1 is 1.41 bits per heavy atom. The monoisotopic (exact) mass is 314 g/mol. The SMILES string of the molecule is COC(=O)CN1Cc2cc(C(F)(F)F)ccc2C(C(C)C)=N1. The van der Waals surface area contributed by atoms with E-state index in [1.807, 2.05) is 13.8 Å². The lowest BCUT2D eigenvalue weighted by Gasteiger charge is -2.28. The van der Waals surface area contributed by atoms with Gasteiger partial charge in [-0.3, -0.25) is 9.80 Å². The highest BCUT2D eigenvalue weighted by atomic mass is 19.4. The van der Waals surface area contributed by atoms with Gasteiger partial charge in [0.15, 0.2) is 0 Å². The van der Waals surface area contributed by atoms with Crippen LogP contribution in [-0.2, 0) is 22.3 Å². The number of alkyl halides is 3. The molecule has 1 aromatic rings. The first-order valence-electron chi connectivity index (χ1n) is 6.83. The third-order valence-electron chi connectivity index (χ3n) is 3.40.